The summed E-state index contributed by atoms with van der Waals surface area (Å²) in [7, 11) is -3.87. The van der Waals surface area contributed by atoms with Crippen molar-refractivity contribution in [3.63, 3.8) is 0 Å². The van der Waals surface area contributed by atoms with Crippen molar-refractivity contribution in [3.05, 3.63) is 53.1 Å². The van der Waals surface area contributed by atoms with Crippen LogP contribution in [0.1, 0.15) is 11.5 Å². The first-order valence-electron chi connectivity index (χ1n) is 11.3. The van der Waals surface area contributed by atoms with Crippen LogP contribution in [0, 0.1) is 6.92 Å². The van der Waals surface area contributed by atoms with Crippen molar-refractivity contribution in [1.29, 1.82) is 0 Å². The van der Waals surface area contributed by atoms with Crippen LogP contribution in [0.25, 0.3) is 10.9 Å². The molecule has 3 aromatic heterocycles. The molecule has 1 radical (unpaired) electrons. The number of nitrogens with zero attached hydrogens (tertiary/aromatic N) is 7. The Morgan fingerprint density at radius 1 is 1.26 bits per heavy atom. The van der Waals surface area contributed by atoms with E-state index in [4.69, 9.17) is 11.6 Å². The lowest BCUT2D eigenvalue weighted by Crippen LogP contribution is -3.00. The standard InChI is InChI=1S/C22H20ClN9O3S2.HI/c1-12-6-17-18(10-24-12)36-21(26-17)22(33)32-5-4-31(11-15(32)9-19-27-29-30-28-19)37(34,35)20-8-13-7-14(23)2-3-16(13)25-20;/h2-3,6-8,10,15,25H,4-5,9,11H2,1H3,(H,27,28,29,30);1H/q+1;/p-1. The van der Waals surface area contributed by atoms with E-state index < -0.39 is 16.1 Å². The number of nitrogens with one attached hydrogen (secondary N) is 2. The van der Waals surface area contributed by atoms with Crippen LogP contribution in [0.5, 0.6) is 0 Å². The lowest BCUT2D eigenvalue weighted by atomic mass is 10.1. The Labute approximate surface area is 243 Å². The Morgan fingerprint density at radius 3 is 2.89 bits per heavy atom. The highest BCUT2D eigenvalue weighted by Gasteiger charge is 2.43. The fourth-order valence-electron chi connectivity index (χ4n) is 4.48. The lowest BCUT2D eigenvalue weighted by molar-refractivity contribution is -0.127. The molecule has 1 saturated heterocycles. The lowest BCUT2D eigenvalue weighted by Gasteiger charge is -2.39. The van der Waals surface area contributed by atoms with Gasteiger partial charge in [0, 0.05) is 71.7 Å². The van der Waals surface area contributed by atoms with Gasteiger partial charge in [0.2, 0.25) is 0 Å². The molecule has 5 heterocycles. The third-order valence-electron chi connectivity index (χ3n) is 6.30. The van der Waals surface area contributed by atoms with E-state index in [2.05, 4.69) is 35.6 Å². The molecule has 0 saturated carbocycles. The van der Waals surface area contributed by atoms with Gasteiger partial charge >= 0.3 is 11.0 Å². The minimum atomic E-state index is -3.87. The van der Waals surface area contributed by atoms with E-state index in [0.29, 0.717) is 32.5 Å². The van der Waals surface area contributed by atoms with Gasteiger partial charge in [-0.1, -0.05) is 11.6 Å². The third kappa shape index (κ3) is 5.04. The maximum Gasteiger partial charge on any atom is 0.381 e. The van der Waals surface area contributed by atoms with Crippen LogP contribution in [-0.4, -0.2) is 84.8 Å². The van der Waals surface area contributed by atoms with Gasteiger partial charge < -0.3 is 33.9 Å². The maximum absolute atomic E-state index is 13.6. The van der Waals surface area contributed by atoms with Crippen molar-refractivity contribution >= 4 is 60.9 Å². The normalized spacial score (nSPS) is 17.8. The number of fused-ring (bicyclic) bond motifs is 2. The van der Waals surface area contributed by atoms with Crippen LogP contribution >= 0.6 is 23.4 Å². The zero-order chi connectivity index (χ0) is 25.7. The van der Waals surface area contributed by atoms with Gasteiger partial charge in [0.05, 0.1) is 11.0 Å². The molecule has 12 nitrogen and oxygen atoms in total. The van der Waals surface area contributed by atoms with Crippen molar-refractivity contribution < 1.29 is 37.2 Å². The molecule has 2 N–H and O–H groups in total. The number of H-pyrrole nitrogens is 2. The number of sulfonamides is 1. The molecule has 38 heavy (non-hydrogen) atoms. The number of thioether (sulfide) groups is 1. The van der Waals surface area contributed by atoms with Gasteiger partial charge in [0.25, 0.3) is 15.7 Å². The largest absolute Gasteiger partial charge is 1.00 e. The molecule has 1 atom stereocenters. The Bertz CT molecular complexity index is 1660. The average Bonchev–Trinajstić information content (AvgIpc) is 3.63. The second-order valence-corrected chi connectivity index (χ2v) is 12.1. The molecule has 1 unspecified atom stereocenters. The average molecular weight is 685 g/mol. The number of hydrogen-bond acceptors (Lipinski definition) is 9. The summed E-state index contributed by atoms with van der Waals surface area (Å²) in [6.45, 7) is 2.24. The molecule has 2 aliphatic heterocycles. The molecule has 1 aromatic carbocycles. The van der Waals surface area contributed by atoms with Gasteiger partial charge in [-0.2, -0.15) is 4.31 Å². The highest BCUT2D eigenvalue weighted by molar-refractivity contribution is 8.16. The number of piperazine rings is 1. The van der Waals surface area contributed by atoms with Crippen LogP contribution in [0.4, 0.5) is 5.69 Å². The zero-order valence-electron chi connectivity index (χ0n) is 19.8. The molecule has 4 aromatic rings. The van der Waals surface area contributed by atoms with Crippen LogP contribution in [0.2, 0.25) is 5.02 Å². The molecule has 1 fully saturated rings. The number of aromatic nitrogens is 6. The topological polar surface area (TPSA) is 155 Å². The number of rotatable bonds is 5. The highest BCUT2D eigenvalue weighted by atomic mass is 127. The molecule has 1 amide bonds. The quantitative estimate of drug-likeness (QED) is 0.245. The predicted octanol–water partition coefficient (Wildman–Crippen LogP) is -1.34. The van der Waals surface area contributed by atoms with Gasteiger partial charge in [-0.15, -0.1) is 5.10 Å². The Balaban J connectivity index is 0.00000294. The predicted molar refractivity (Wildman–Crippen MR) is 137 cm³/mol. The molecular formula is C22H20ClIN9O3S2. The summed E-state index contributed by atoms with van der Waals surface area (Å²) in [6, 6.07) is 8.03. The molecule has 0 spiro atoms. The number of carbonyl (C=O) groups excluding carboxylic acids is 1. The molecular weight excluding hydrogens is 665 g/mol. The van der Waals surface area contributed by atoms with Gasteiger partial charge in [-0.3, -0.25) is 9.78 Å². The number of amides is 1. The molecule has 0 aliphatic carbocycles. The summed E-state index contributed by atoms with van der Waals surface area (Å²) in [5.41, 5.74) is 2.18. The number of pyridine rings is 1. The van der Waals surface area contributed by atoms with Crippen molar-refractivity contribution in [2.75, 3.05) is 19.6 Å². The van der Waals surface area contributed by atoms with E-state index >= 15 is 0 Å². The minimum Gasteiger partial charge on any atom is -1.00 e. The van der Waals surface area contributed by atoms with E-state index in [1.54, 1.807) is 35.4 Å². The van der Waals surface area contributed by atoms with Crippen LogP contribution in [-0.2, 0) is 21.2 Å². The summed E-state index contributed by atoms with van der Waals surface area (Å²) >= 11 is 7.33. The van der Waals surface area contributed by atoms with E-state index in [9.17, 15) is 13.2 Å². The van der Waals surface area contributed by atoms with Gasteiger partial charge in [0.15, 0.2) is 5.82 Å². The summed E-state index contributed by atoms with van der Waals surface area (Å²) in [6.07, 6.45) is 1.95. The first kappa shape index (κ1) is 27.0. The second kappa shape index (κ2) is 10.5. The third-order valence-corrected chi connectivity index (χ3v) is 9.31. The van der Waals surface area contributed by atoms with E-state index in [0.717, 1.165) is 10.6 Å². The van der Waals surface area contributed by atoms with E-state index in [1.807, 2.05) is 13.0 Å². The number of aromatic amines is 2. The van der Waals surface area contributed by atoms with Gasteiger partial charge in [0.1, 0.15) is 9.92 Å². The molecule has 2 aliphatic rings. The van der Waals surface area contributed by atoms with Crippen LogP contribution in [0.15, 0.2) is 46.5 Å². The Hall–Kier alpha value is -2.60. The number of aryl methyl sites for hydroxylation is 1. The molecule has 197 valence electrons. The minimum absolute atomic E-state index is 0. The van der Waals surface area contributed by atoms with Crippen molar-refractivity contribution in [3.8, 4) is 0 Å². The number of aliphatic imine (C=N–C) groups is 1. The summed E-state index contributed by atoms with van der Waals surface area (Å²) in [4.78, 5) is 27.8. The monoisotopic (exact) mass is 684 g/mol. The number of halogens is 2. The first-order chi connectivity index (χ1) is 17.8. The summed E-state index contributed by atoms with van der Waals surface area (Å²) in [5.74, 6) is 0.181. The fraction of sp³-hybridized carbons (Fsp3) is 0.273. The Kier molecular flexibility index (Phi) is 7.47. The maximum atomic E-state index is 13.6. The van der Waals surface area contributed by atoms with Gasteiger partial charge in [-0.25, -0.2) is 13.5 Å². The molecule has 0 bridgehead atoms. The zero-order valence-corrected chi connectivity index (χ0v) is 24.3. The summed E-state index contributed by atoms with van der Waals surface area (Å²) < 4.78 is 28.5. The Morgan fingerprint density at radius 2 is 2.11 bits per heavy atom. The van der Waals surface area contributed by atoms with Crippen molar-refractivity contribution in [1.82, 2.24) is 44.8 Å². The van der Waals surface area contributed by atoms with Crippen LogP contribution < -0.4 is 29.0 Å². The number of tetrazole rings is 1. The summed E-state index contributed by atoms with van der Waals surface area (Å²) in [5, 5.41) is 15.5. The number of benzene rings is 1. The highest BCUT2D eigenvalue weighted by Crippen LogP contribution is 2.34. The van der Waals surface area contributed by atoms with Crippen molar-refractivity contribution in [2.24, 2.45) is 0 Å². The second-order valence-electron chi connectivity index (χ2n) is 8.75. The van der Waals surface area contributed by atoms with Gasteiger partial charge in [-0.05, 0) is 41.6 Å². The van der Waals surface area contributed by atoms with Crippen molar-refractivity contribution in [2.45, 2.75) is 29.3 Å². The first-order valence-corrected chi connectivity index (χ1v) is 14.0. The molecule has 16 heteroatoms. The van der Waals surface area contributed by atoms with E-state index in [-0.39, 0.29) is 61.0 Å². The number of hydrogen-bond donors (Lipinski definition) is 2. The number of carbonyl (C=O) groups is 1. The van der Waals surface area contributed by atoms with E-state index in [1.165, 1.54) is 16.1 Å². The fourth-order valence-corrected chi connectivity index (χ4v) is 7.02. The SMILES string of the molecule is Cc1cc2c(cn1)SC(C(=O)N1CCN(S(=O)(=O)c3cc4cc(Cl)ccc4[nH]3)CC1Cc1nnn[nH]1)=[N+]2.[I-]. The van der Waals surface area contributed by atoms with Crippen LogP contribution in [0.3, 0.4) is 0 Å². The smallest absolute Gasteiger partial charge is 0.381 e. The molecule has 6 rings (SSSR count).